The molecule has 2 aliphatic rings. The molecule has 4 nitrogen and oxygen atoms in total. The summed E-state index contributed by atoms with van der Waals surface area (Å²) in [5, 5.41) is 9.40. The van der Waals surface area contributed by atoms with Crippen molar-refractivity contribution in [2.45, 2.75) is 31.7 Å². The van der Waals surface area contributed by atoms with Gasteiger partial charge in [-0.05, 0) is 45.7 Å². The van der Waals surface area contributed by atoms with E-state index < -0.39 is 11.4 Å². The number of rotatable bonds is 4. The van der Waals surface area contributed by atoms with Crippen molar-refractivity contribution in [1.82, 2.24) is 4.90 Å². The smallest absolute Gasteiger partial charge is 0.311 e. The zero-order chi connectivity index (χ0) is 11.8. The van der Waals surface area contributed by atoms with Crippen LogP contribution in [0.5, 0.6) is 0 Å². The van der Waals surface area contributed by atoms with Crippen molar-refractivity contribution >= 4 is 5.97 Å². The van der Waals surface area contributed by atoms with Gasteiger partial charge in [-0.3, -0.25) is 4.79 Å². The molecule has 2 fully saturated rings. The van der Waals surface area contributed by atoms with E-state index in [-0.39, 0.29) is 6.04 Å². The molecule has 1 saturated heterocycles. The van der Waals surface area contributed by atoms with Gasteiger partial charge in [0.05, 0.1) is 5.41 Å². The molecule has 1 aliphatic carbocycles. The second kappa shape index (κ2) is 4.34. The fraction of sp³-hybridized carbons (Fsp3) is 0.917. The normalized spacial score (nSPS) is 26.7. The first-order valence-electron chi connectivity index (χ1n) is 6.05. The first-order chi connectivity index (χ1) is 7.58. The number of hydrogen-bond acceptors (Lipinski definition) is 3. The van der Waals surface area contributed by atoms with Crippen LogP contribution in [0.3, 0.4) is 0 Å². The van der Waals surface area contributed by atoms with Crippen molar-refractivity contribution in [2.24, 2.45) is 11.3 Å². The topological polar surface area (TPSA) is 49.8 Å². The third kappa shape index (κ3) is 1.96. The molecule has 1 aliphatic heterocycles. The summed E-state index contributed by atoms with van der Waals surface area (Å²) in [7, 11) is 4.01. The van der Waals surface area contributed by atoms with Crippen LogP contribution in [0.4, 0.5) is 0 Å². The maximum absolute atomic E-state index is 11.4. The molecule has 0 radical (unpaired) electrons. The summed E-state index contributed by atoms with van der Waals surface area (Å²) in [5.41, 5.74) is -0.467. The van der Waals surface area contributed by atoms with Crippen LogP contribution in [0.25, 0.3) is 0 Å². The van der Waals surface area contributed by atoms with Crippen molar-refractivity contribution in [2.75, 3.05) is 27.3 Å². The van der Waals surface area contributed by atoms with E-state index in [1.54, 1.807) is 0 Å². The van der Waals surface area contributed by atoms with E-state index in [4.69, 9.17) is 4.74 Å². The Bertz CT molecular complexity index is 267. The second-order valence-electron chi connectivity index (χ2n) is 5.32. The summed E-state index contributed by atoms with van der Waals surface area (Å²) in [5.74, 6) is -0.139. The molecule has 4 heteroatoms. The average molecular weight is 227 g/mol. The maximum atomic E-state index is 11.4. The molecular weight excluding hydrogens is 206 g/mol. The van der Waals surface area contributed by atoms with E-state index in [2.05, 4.69) is 4.90 Å². The first kappa shape index (κ1) is 11.9. The van der Waals surface area contributed by atoms with Gasteiger partial charge >= 0.3 is 5.97 Å². The maximum Gasteiger partial charge on any atom is 0.311 e. The number of hydrogen-bond donors (Lipinski definition) is 1. The monoisotopic (exact) mass is 227 g/mol. The Balaban J connectivity index is 2.13. The minimum Gasteiger partial charge on any atom is -0.481 e. The summed E-state index contributed by atoms with van der Waals surface area (Å²) in [6, 6.07) is 0.175. The van der Waals surface area contributed by atoms with Gasteiger partial charge in [-0.15, -0.1) is 0 Å². The van der Waals surface area contributed by atoms with E-state index in [1.807, 2.05) is 14.1 Å². The third-order valence-electron chi connectivity index (χ3n) is 4.05. The Morgan fingerprint density at radius 2 is 1.94 bits per heavy atom. The van der Waals surface area contributed by atoms with Crippen molar-refractivity contribution in [1.29, 1.82) is 0 Å². The third-order valence-corrected chi connectivity index (χ3v) is 4.05. The lowest BCUT2D eigenvalue weighted by atomic mass is 9.80. The van der Waals surface area contributed by atoms with Gasteiger partial charge < -0.3 is 14.7 Å². The number of nitrogens with zero attached hydrogens (tertiary/aromatic N) is 1. The van der Waals surface area contributed by atoms with Gasteiger partial charge in [0.1, 0.15) is 0 Å². The molecule has 0 aromatic heterocycles. The van der Waals surface area contributed by atoms with Gasteiger partial charge in [0.15, 0.2) is 0 Å². The molecule has 92 valence electrons. The van der Waals surface area contributed by atoms with Crippen molar-refractivity contribution in [3.05, 3.63) is 0 Å². The standard InChI is InChI=1S/C12H21NO3/c1-13(2)10(9-3-7-16-8-4-9)12(5-6-12)11(14)15/h9-10H,3-8H2,1-2H3,(H,14,15). The molecule has 0 spiro atoms. The predicted molar refractivity (Wildman–Crippen MR) is 60.3 cm³/mol. The molecule has 0 amide bonds. The molecule has 1 N–H and O–H groups in total. The highest BCUT2D eigenvalue weighted by atomic mass is 16.5. The van der Waals surface area contributed by atoms with Gasteiger partial charge in [-0.1, -0.05) is 0 Å². The van der Waals surface area contributed by atoms with Crippen molar-refractivity contribution in [3.8, 4) is 0 Å². The SMILES string of the molecule is CN(C)C(C1CCOCC1)C1(C(=O)O)CC1. The molecule has 0 bridgehead atoms. The van der Waals surface area contributed by atoms with E-state index in [1.165, 1.54) is 0 Å². The number of carbonyl (C=O) groups is 1. The zero-order valence-corrected chi connectivity index (χ0v) is 10.1. The number of ether oxygens (including phenoxy) is 1. The zero-order valence-electron chi connectivity index (χ0n) is 10.1. The van der Waals surface area contributed by atoms with Crippen LogP contribution >= 0.6 is 0 Å². The average Bonchev–Trinajstić information content (AvgIpc) is 3.00. The summed E-state index contributed by atoms with van der Waals surface area (Å²) in [6.07, 6.45) is 3.67. The molecular formula is C12H21NO3. The van der Waals surface area contributed by atoms with E-state index in [0.29, 0.717) is 5.92 Å². The summed E-state index contributed by atoms with van der Waals surface area (Å²) in [6.45, 7) is 1.56. The number of carboxylic acid groups (broad SMARTS) is 1. The molecule has 16 heavy (non-hydrogen) atoms. The Labute approximate surface area is 96.6 Å². The number of carboxylic acids is 1. The van der Waals surface area contributed by atoms with Gasteiger partial charge in [0.25, 0.3) is 0 Å². The van der Waals surface area contributed by atoms with Crippen LogP contribution in [0.2, 0.25) is 0 Å². The first-order valence-corrected chi connectivity index (χ1v) is 6.05. The lowest BCUT2D eigenvalue weighted by Crippen LogP contribution is -2.47. The highest BCUT2D eigenvalue weighted by Gasteiger charge is 2.58. The van der Waals surface area contributed by atoms with E-state index >= 15 is 0 Å². The molecule has 0 aromatic rings. The summed E-state index contributed by atoms with van der Waals surface area (Å²) >= 11 is 0. The Hall–Kier alpha value is -0.610. The Morgan fingerprint density at radius 3 is 2.31 bits per heavy atom. The minimum atomic E-state index is -0.613. The molecule has 1 atom stereocenters. The highest BCUT2D eigenvalue weighted by molar-refractivity contribution is 5.79. The van der Waals surface area contributed by atoms with Crippen LogP contribution in [0.15, 0.2) is 0 Å². The summed E-state index contributed by atoms with van der Waals surface area (Å²) < 4.78 is 5.36. The Morgan fingerprint density at radius 1 is 1.38 bits per heavy atom. The van der Waals surface area contributed by atoms with Crippen LogP contribution in [0, 0.1) is 11.3 Å². The highest BCUT2D eigenvalue weighted by Crippen LogP contribution is 2.53. The molecule has 1 unspecified atom stereocenters. The minimum absolute atomic E-state index is 0.175. The molecule has 2 rings (SSSR count). The van der Waals surface area contributed by atoms with Crippen LogP contribution in [-0.4, -0.2) is 49.3 Å². The molecule has 0 aromatic carbocycles. The van der Waals surface area contributed by atoms with Gasteiger partial charge in [0.2, 0.25) is 0 Å². The van der Waals surface area contributed by atoms with Gasteiger partial charge in [-0.25, -0.2) is 0 Å². The quantitative estimate of drug-likeness (QED) is 0.784. The van der Waals surface area contributed by atoms with Gasteiger partial charge in [0, 0.05) is 19.3 Å². The molecule has 1 heterocycles. The second-order valence-corrected chi connectivity index (χ2v) is 5.32. The fourth-order valence-corrected chi connectivity index (χ4v) is 3.17. The predicted octanol–water partition coefficient (Wildman–Crippen LogP) is 1.21. The largest absolute Gasteiger partial charge is 0.481 e. The Kier molecular flexibility index (Phi) is 3.22. The van der Waals surface area contributed by atoms with Crippen LogP contribution < -0.4 is 0 Å². The van der Waals surface area contributed by atoms with E-state index in [0.717, 1.165) is 38.9 Å². The van der Waals surface area contributed by atoms with Crippen LogP contribution in [0.1, 0.15) is 25.7 Å². The lowest BCUT2D eigenvalue weighted by molar-refractivity contribution is -0.147. The van der Waals surface area contributed by atoms with Crippen molar-refractivity contribution < 1.29 is 14.6 Å². The number of aliphatic carboxylic acids is 1. The molecule has 1 saturated carbocycles. The van der Waals surface area contributed by atoms with Gasteiger partial charge in [-0.2, -0.15) is 0 Å². The van der Waals surface area contributed by atoms with E-state index in [9.17, 15) is 9.90 Å². The fourth-order valence-electron chi connectivity index (χ4n) is 3.17. The summed E-state index contributed by atoms with van der Waals surface area (Å²) in [4.78, 5) is 13.5. The van der Waals surface area contributed by atoms with Crippen molar-refractivity contribution in [3.63, 3.8) is 0 Å². The van der Waals surface area contributed by atoms with Crippen LogP contribution in [-0.2, 0) is 9.53 Å². The lowest BCUT2D eigenvalue weighted by Gasteiger charge is -2.38.